The second kappa shape index (κ2) is 11.4. The first-order valence-electron chi connectivity index (χ1n) is 9.55. The minimum atomic E-state index is -4.65. The summed E-state index contributed by atoms with van der Waals surface area (Å²) in [4.78, 5) is 57.7. The number of alkyl halides is 3. The monoisotopic (exact) mass is 517 g/mol. The highest BCUT2D eigenvalue weighted by molar-refractivity contribution is 6.38. The lowest BCUT2D eigenvalue weighted by atomic mass is 10.0. The number of rotatable bonds is 10. The lowest BCUT2D eigenvalue weighted by Gasteiger charge is -2.12. The molecule has 0 unspecified atom stereocenters. The summed E-state index contributed by atoms with van der Waals surface area (Å²) in [6, 6.07) is 5.00. The Balaban J connectivity index is 2.22. The highest BCUT2D eigenvalue weighted by Gasteiger charge is 2.31. The Hall–Kier alpha value is -4.00. The fourth-order valence-electron chi connectivity index (χ4n) is 2.57. The number of Topliss-reactive ketones (excluding diaryl/α,β-unsaturated/α-hetero) is 2. The van der Waals surface area contributed by atoms with E-state index in [4.69, 9.17) is 16.3 Å². The Morgan fingerprint density at radius 1 is 1.06 bits per heavy atom. The van der Waals surface area contributed by atoms with Crippen molar-refractivity contribution >= 4 is 40.8 Å². The minimum Gasteiger partial charge on any atom is -0.463 e. The molecule has 2 aromatic carbocycles. The number of benzene rings is 2. The molecule has 0 saturated heterocycles. The number of nitrogens with zero attached hydrogens (tertiary/aromatic N) is 1. The number of nitro benzene ring substituents is 1. The summed E-state index contributed by atoms with van der Waals surface area (Å²) in [5.41, 5.74) is -2.39. The van der Waals surface area contributed by atoms with E-state index in [0.29, 0.717) is 12.1 Å². The van der Waals surface area contributed by atoms with E-state index in [2.05, 4.69) is 9.47 Å². The van der Waals surface area contributed by atoms with Crippen molar-refractivity contribution in [3.63, 3.8) is 0 Å². The Morgan fingerprint density at radius 2 is 1.74 bits per heavy atom. The van der Waals surface area contributed by atoms with Gasteiger partial charge in [0, 0.05) is 6.07 Å². The lowest BCUT2D eigenvalue weighted by molar-refractivity contribution is -0.385. The molecule has 0 bridgehead atoms. The van der Waals surface area contributed by atoms with Gasteiger partial charge in [0.1, 0.15) is 11.5 Å². The van der Waals surface area contributed by atoms with Crippen molar-refractivity contribution in [2.75, 3.05) is 13.2 Å². The molecular weight excluding hydrogens is 503 g/mol. The van der Waals surface area contributed by atoms with Crippen LogP contribution >= 0.6 is 11.6 Å². The molecule has 0 aliphatic carbocycles. The third-order valence-corrected chi connectivity index (χ3v) is 4.42. The van der Waals surface area contributed by atoms with E-state index in [9.17, 15) is 42.5 Å². The summed E-state index contributed by atoms with van der Waals surface area (Å²) < 4.78 is 52.6. The van der Waals surface area contributed by atoms with Crippen molar-refractivity contribution in [3.05, 3.63) is 62.7 Å². The van der Waals surface area contributed by atoms with Crippen molar-refractivity contribution in [1.82, 2.24) is 0 Å². The van der Waals surface area contributed by atoms with Crippen molar-refractivity contribution in [1.29, 1.82) is 0 Å². The predicted molar refractivity (Wildman–Crippen MR) is 111 cm³/mol. The molecule has 0 heterocycles. The molecule has 35 heavy (non-hydrogen) atoms. The van der Waals surface area contributed by atoms with Crippen LogP contribution < -0.4 is 4.74 Å². The third kappa shape index (κ3) is 7.50. The van der Waals surface area contributed by atoms with Gasteiger partial charge in [-0.25, -0.2) is 9.59 Å². The number of hydrogen-bond donors (Lipinski definition) is 0. The zero-order chi connectivity index (χ0) is 26.3. The van der Waals surface area contributed by atoms with E-state index in [1.807, 2.05) is 0 Å². The molecule has 0 aromatic heterocycles. The van der Waals surface area contributed by atoms with Gasteiger partial charge in [0.05, 0.1) is 34.1 Å². The minimum absolute atomic E-state index is 0.00256. The zero-order valence-electron chi connectivity index (χ0n) is 17.7. The summed E-state index contributed by atoms with van der Waals surface area (Å²) in [7, 11) is 0. The van der Waals surface area contributed by atoms with Crippen LogP contribution in [0.3, 0.4) is 0 Å². The fraction of sp³-hybridized carbons (Fsp3) is 0.238. The first kappa shape index (κ1) is 27.2. The molecule has 0 aliphatic heterocycles. The van der Waals surface area contributed by atoms with E-state index in [0.717, 1.165) is 24.3 Å². The Morgan fingerprint density at radius 3 is 2.31 bits per heavy atom. The Bertz CT molecular complexity index is 1180. The van der Waals surface area contributed by atoms with E-state index in [-0.39, 0.29) is 18.1 Å². The smallest absolute Gasteiger partial charge is 0.416 e. The van der Waals surface area contributed by atoms with Crippen LogP contribution in [0.4, 0.5) is 18.9 Å². The normalized spacial score (nSPS) is 10.9. The number of ether oxygens (including phenoxy) is 3. The van der Waals surface area contributed by atoms with Gasteiger partial charge < -0.3 is 14.2 Å². The first-order chi connectivity index (χ1) is 16.3. The summed E-state index contributed by atoms with van der Waals surface area (Å²) in [5, 5.41) is 10.9. The van der Waals surface area contributed by atoms with Crippen LogP contribution in [0, 0.1) is 10.1 Å². The van der Waals surface area contributed by atoms with Crippen LogP contribution in [0.15, 0.2) is 36.4 Å². The molecule has 14 heteroatoms. The number of nitro groups is 1. The van der Waals surface area contributed by atoms with E-state index < -0.39 is 69.5 Å². The molecule has 2 aromatic rings. The quantitative estimate of drug-likeness (QED) is 0.113. The molecule has 0 amide bonds. The molecule has 186 valence electrons. The molecule has 0 aliphatic rings. The molecule has 0 fully saturated rings. The van der Waals surface area contributed by atoms with Gasteiger partial charge in [-0.15, -0.1) is 0 Å². The van der Waals surface area contributed by atoms with Gasteiger partial charge in [-0.1, -0.05) is 11.6 Å². The molecule has 0 spiro atoms. The summed E-state index contributed by atoms with van der Waals surface area (Å²) >= 11 is 5.82. The van der Waals surface area contributed by atoms with E-state index >= 15 is 0 Å². The average Bonchev–Trinajstić information content (AvgIpc) is 2.78. The van der Waals surface area contributed by atoms with Crippen molar-refractivity contribution in [3.8, 4) is 11.5 Å². The molecule has 0 radical (unpaired) electrons. The number of hydrogen-bond acceptors (Lipinski definition) is 9. The number of carbonyl (C=O) groups is 4. The molecule has 2 rings (SSSR count). The summed E-state index contributed by atoms with van der Waals surface area (Å²) in [6.07, 6.45) is -5.79. The number of halogens is 4. The van der Waals surface area contributed by atoms with Crippen LogP contribution in [0.2, 0.25) is 5.02 Å². The van der Waals surface area contributed by atoms with Gasteiger partial charge in [0.25, 0.3) is 5.69 Å². The van der Waals surface area contributed by atoms with Gasteiger partial charge in [0.15, 0.2) is 12.4 Å². The van der Waals surface area contributed by atoms with Crippen LogP contribution in [0.25, 0.3) is 0 Å². The third-order valence-electron chi connectivity index (χ3n) is 4.13. The molecular formula is C21H15ClF3NO9. The standard InChI is InChI=1S/C21H15ClF3NO9/c1-2-33-19(29)10-34-20(30)17(28)9-16(27)13-8-12(4-5-15(13)26(31)32)35-18-6-3-11(7-14(18)22)21(23,24)25/h3-8H,2,9-10H2,1H3. The summed E-state index contributed by atoms with van der Waals surface area (Å²) in [6.45, 7) is 0.631. The average molecular weight is 518 g/mol. The van der Waals surface area contributed by atoms with Gasteiger partial charge >= 0.3 is 18.1 Å². The van der Waals surface area contributed by atoms with Gasteiger partial charge in [-0.2, -0.15) is 13.2 Å². The number of ketones is 2. The summed E-state index contributed by atoms with van der Waals surface area (Å²) in [5.74, 6) is -5.46. The second-order valence-corrected chi connectivity index (χ2v) is 6.99. The molecule has 0 atom stereocenters. The topological polar surface area (TPSA) is 139 Å². The molecule has 0 N–H and O–H groups in total. The van der Waals surface area contributed by atoms with Crippen LogP contribution in [-0.2, 0) is 30.0 Å². The molecule has 0 saturated carbocycles. The predicted octanol–water partition coefficient (Wildman–Crippen LogP) is 4.31. The maximum absolute atomic E-state index is 12.8. The number of carbonyl (C=O) groups excluding carboxylic acids is 4. The lowest BCUT2D eigenvalue weighted by Crippen LogP contribution is -2.24. The Labute approximate surface area is 199 Å². The maximum Gasteiger partial charge on any atom is 0.416 e. The van der Waals surface area contributed by atoms with Crippen molar-refractivity contribution < 1.29 is 51.5 Å². The largest absolute Gasteiger partial charge is 0.463 e. The highest BCUT2D eigenvalue weighted by atomic mass is 35.5. The zero-order valence-corrected chi connectivity index (χ0v) is 18.5. The van der Waals surface area contributed by atoms with E-state index in [1.165, 1.54) is 6.92 Å². The van der Waals surface area contributed by atoms with Crippen LogP contribution in [0.1, 0.15) is 29.3 Å². The second-order valence-electron chi connectivity index (χ2n) is 6.59. The van der Waals surface area contributed by atoms with Gasteiger partial charge in [0.2, 0.25) is 5.78 Å². The van der Waals surface area contributed by atoms with E-state index in [1.54, 1.807) is 0 Å². The van der Waals surface area contributed by atoms with Gasteiger partial charge in [-0.3, -0.25) is 19.7 Å². The van der Waals surface area contributed by atoms with Crippen molar-refractivity contribution in [2.45, 2.75) is 19.5 Å². The SMILES string of the molecule is CCOC(=O)COC(=O)C(=O)CC(=O)c1cc(Oc2ccc(C(F)(F)F)cc2Cl)ccc1[N+](=O)[O-]. The highest BCUT2D eigenvalue weighted by Crippen LogP contribution is 2.37. The van der Waals surface area contributed by atoms with Crippen LogP contribution in [-0.4, -0.2) is 41.6 Å². The van der Waals surface area contributed by atoms with Crippen LogP contribution in [0.5, 0.6) is 11.5 Å². The molecule has 10 nitrogen and oxygen atoms in total. The van der Waals surface area contributed by atoms with Gasteiger partial charge in [-0.05, 0) is 37.3 Å². The number of esters is 2. The van der Waals surface area contributed by atoms with Crippen molar-refractivity contribution in [2.24, 2.45) is 0 Å². The maximum atomic E-state index is 12.8. The Kier molecular flexibility index (Phi) is 8.89. The fourth-order valence-corrected chi connectivity index (χ4v) is 2.79. The first-order valence-corrected chi connectivity index (χ1v) is 9.93.